The molecule has 0 aromatic rings. The Bertz CT molecular complexity index is 179. The monoisotopic (exact) mass is 265 g/mol. The molecule has 0 bridgehead atoms. The molecule has 0 radical (unpaired) electrons. The zero-order chi connectivity index (χ0) is 12.3. The Kier molecular flexibility index (Phi) is 9.01. The summed E-state index contributed by atoms with van der Waals surface area (Å²) in [7, 11) is 1.67. The van der Waals surface area contributed by atoms with Crippen LogP contribution in [-0.2, 0) is 14.2 Å². The minimum atomic E-state index is 0.639. The molecule has 4 nitrogen and oxygen atoms in total. The summed E-state index contributed by atoms with van der Waals surface area (Å²) in [5.74, 6) is 0.705. The molecule has 0 amide bonds. The SMILES string of the molecule is COCCOCCOCCN(CCCl)C1CC1. The zero-order valence-electron chi connectivity index (χ0n) is 10.7. The molecule has 0 aliphatic heterocycles. The van der Waals surface area contributed by atoms with Gasteiger partial charge in [-0.25, -0.2) is 0 Å². The Balaban J connectivity index is 1.85. The maximum absolute atomic E-state index is 5.76. The predicted molar refractivity (Wildman–Crippen MR) is 68.8 cm³/mol. The number of hydrogen-bond donors (Lipinski definition) is 0. The Labute approximate surface area is 109 Å². The molecule has 0 aromatic heterocycles. The zero-order valence-corrected chi connectivity index (χ0v) is 11.5. The summed E-state index contributed by atoms with van der Waals surface area (Å²) in [4.78, 5) is 2.42. The molecule has 0 spiro atoms. The molecular weight excluding hydrogens is 242 g/mol. The summed E-state index contributed by atoms with van der Waals surface area (Å²) in [5, 5.41) is 0. The van der Waals surface area contributed by atoms with Crippen molar-refractivity contribution >= 4 is 11.6 Å². The fourth-order valence-corrected chi connectivity index (χ4v) is 1.89. The second-order valence-corrected chi connectivity index (χ2v) is 4.55. The van der Waals surface area contributed by atoms with Crippen LogP contribution in [0.25, 0.3) is 0 Å². The second-order valence-electron chi connectivity index (χ2n) is 4.17. The van der Waals surface area contributed by atoms with Crippen molar-refractivity contribution in [2.45, 2.75) is 18.9 Å². The van der Waals surface area contributed by atoms with Crippen molar-refractivity contribution in [3.05, 3.63) is 0 Å². The van der Waals surface area contributed by atoms with Crippen LogP contribution < -0.4 is 0 Å². The Morgan fingerprint density at radius 3 is 2.24 bits per heavy atom. The molecule has 1 rings (SSSR count). The molecule has 0 unspecified atom stereocenters. The van der Waals surface area contributed by atoms with E-state index in [2.05, 4.69) is 4.90 Å². The van der Waals surface area contributed by atoms with E-state index in [4.69, 9.17) is 25.8 Å². The van der Waals surface area contributed by atoms with Crippen LogP contribution in [0.1, 0.15) is 12.8 Å². The molecule has 1 aliphatic carbocycles. The highest BCUT2D eigenvalue weighted by atomic mass is 35.5. The summed E-state index contributed by atoms with van der Waals surface area (Å²) in [6.45, 7) is 5.30. The van der Waals surface area contributed by atoms with E-state index < -0.39 is 0 Å². The number of alkyl halides is 1. The van der Waals surface area contributed by atoms with E-state index in [1.54, 1.807) is 7.11 Å². The maximum Gasteiger partial charge on any atom is 0.0701 e. The number of rotatable bonds is 12. The van der Waals surface area contributed by atoms with E-state index in [9.17, 15) is 0 Å². The van der Waals surface area contributed by atoms with Crippen molar-refractivity contribution in [2.24, 2.45) is 0 Å². The van der Waals surface area contributed by atoms with Gasteiger partial charge in [0.2, 0.25) is 0 Å². The highest BCUT2D eigenvalue weighted by Gasteiger charge is 2.27. The summed E-state index contributed by atoms with van der Waals surface area (Å²) in [5.41, 5.74) is 0. The minimum Gasteiger partial charge on any atom is -0.382 e. The molecular formula is C12H24ClNO3. The standard InChI is InChI=1S/C12H24ClNO3/c1-15-8-9-17-11-10-16-7-6-14(5-4-13)12-2-3-12/h12H,2-11H2,1H3. The fraction of sp³-hybridized carbons (Fsp3) is 1.00. The summed E-state index contributed by atoms with van der Waals surface area (Å²) in [6, 6.07) is 0.760. The number of ether oxygens (including phenoxy) is 3. The van der Waals surface area contributed by atoms with Crippen LogP contribution in [0.4, 0.5) is 0 Å². The average molecular weight is 266 g/mol. The summed E-state index contributed by atoms with van der Waals surface area (Å²) < 4.78 is 15.7. The molecule has 0 atom stereocenters. The van der Waals surface area contributed by atoms with Crippen LogP contribution in [0.5, 0.6) is 0 Å². The highest BCUT2D eigenvalue weighted by molar-refractivity contribution is 6.18. The van der Waals surface area contributed by atoms with E-state index in [0.29, 0.717) is 32.3 Å². The number of methoxy groups -OCH3 is 1. The first-order valence-electron chi connectivity index (χ1n) is 6.33. The highest BCUT2D eigenvalue weighted by Crippen LogP contribution is 2.26. The smallest absolute Gasteiger partial charge is 0.0701 e. The van der Waals surface area contributed by atoms with Gasteiger partial charge in [-0.2, -0.15) is 0 Å². The van der Waals surface area contributed by atoms with E-state index in [1.165, 1.54) is 12.8 Å². The van der Waals surface area contributed by atoms with Crippen molar-refractivity contribution in [1.82, 2.24) is 4.90 Å². The van der Waals surface area contributed by atoms with Gasteiger partial charge >= 0.3 is 0 Å². The van der Waals surface area contributed by atoms with Gasteiger partial charge in [-0.1, -0.05) is 0 Å². The molecule has 17 heavy (non-hydrogen) atoms. The minimum absolute atomic E-state index is 0.639. The van der Waals surface area contributed by atoms with Crippen LogP contribution in [0, 0.1) is 0 Å². The van der Waals surface area contributed by atoms with Crippen LogP contribution in [0.15, 0.2) is 0 Å². The summed E-state index contributed by atoms with van der Waals surface area (Å²) in [6.07, 6.45) is 2.63. The van der Waals surface area contributed by atoms with Gasteiger partial charge in [0.25, 0.3) is 0 Å². The second kappa shape index (κ2) is 10.1. The van der Waals surface area contributed by atoms with Crippen molar-refractivity contribution in [3.8, 4) is 0 Å². The molecule has 5 heteroatoms. The quantitative estimate of drug-likeness (QED) is 0.394. The van der Waals surface area contributed by atoms with E-state index >= 15 is 0 Å². The molecule has 0 N–H and O–H groups in total. The fourth-order valence-electron chi connectivity index (χ4n) is 1.67. The van der Waals surface area contributed by atoms with Gasteiger partial charge in [0, 0.05) is 32.1 Å². The first-order chi connectivity index (χ1) is 8.38. The van der Waals surface area contributed by atoms with Crippen LogP contribution in [0.2, 0.25) is 0 Å². The predicted octanol–water partition coefficient (Wildman–Crippen LogP) is 1.37. The Morgan fingerprint density at radius 1 is 1.00 bits per heavy atom. The first-order valence-corrected chi connectivity index (χ1v) is 6.86. The number of halogens is 1. The van der Waals surface area contributed by atoms with Gasteiger partial charge in [0.1, 0.15) is 0 Å². The number of hydrogen-bond acceptors (Lipinski definition) is 4. The lowest BCUT2D eigenvalue weighted by atomic mass is 10.4. The normalized spacial score (nSPS) is 15.7. The lowest BCUT2D eigenvalue weighted by Crippen LogP contribution is -2.31. The van der Waals surface area contributed by atoms with Gasteiger partial charge in [-0.3, -0.25) is 4.90 Å². The van der Waals surface area contributed by atoms with Gasteiger partial charge in [-0.15, -0.1) is 11.6 Å². The van der Waals surface area contributed by atoms with E-state index in [-0.39, 0.29) is 0 Å². The largest absolute Gasteiger partial charge is 0.382 e. The van der Waals surface area contributed by atoms with Crippen molar-refractivity contribution in [1.29, 1.82) is 0 Å². The van der Waals surface area contributed by atoms with E-state index in [0.717, 1.165) is 25.7 Å². The lowest BCUT2D eigenvalue weighted by molar-refractivity contribution is 0.0193. The summed E-state index contributed by atoms with van der Waals surface area (Å²) >= 11 is 5.76. The molecule has 0 aromatic carbocycles. The molecule has 0 heterocycles. The van der Waals surface area contributed by atoms with Crippen LogP contribution in [-0.4, -0.2) is 70.1 Å². The molecule has 102 valence electrons. The first kappa shape index (κ1) is 15.2. The molecule has 0 saturated heterocycles. The molecule has 1 fully saturated rings. The van der Waals surface area contributed by atoms with Crippen molar-refractivity contribution in [3.63, 3.8) is 0 Å². The number of nitrogens with zero attached hydrogens (tertiary/aromatic N) is 1. The third-order valence-corrected chi connectivity index (χ3v) is 2.93. The van der Waals surface area contributed by atoms with Crippen molar-refractivity contribution in [2.75, 3.05) is 59.1 Å². The Hall–Kier alpha value is 0.130. The van der Waals surface area contributed by atoms with Crippen molar-refractivity contribution < 1.29 is 14.2 Å². The van der Waals surface area contributed by atoms with Gasteiger partial charge in [-0.05, 0) is 12.8 Å². The third kappa shape index (κ3) is 7.95. The third-order valence-electron chi connectivity index (χ3n) is 2.76. The van der Waals surface area contributed by atoms with Crippen LogP contribution >= 0.6 is 11.6 Å². The maximum atomic E-state index is 5.76. The van der Waals surface area contributed by atoms with Gasteiger partial charge in [0.15, 0.2) is 0 Å². The topological polar surface area (TPSA) is 30.9 Å². The Morgan fingerprint density at radius 2 is 1.65 bits per heavy atom. The van der Waals surface area contributed by atoms with Gasteiger partial charge < -0.3 is 14.2 Å². The average Bonchev–Trinajstić information content (AvgIpc) is 3.15. The van der Waals surface area contributed by atoms with E-state index in [1.807, 2.05) is 0 Å². The lowest BCUT2D eigenvalue weighted by Gasteiger charge is -2.20. The molecule has 1 saturated carbocycles. The van der Waals surface area contributed by atoms with Gasteiger partial charge in [0.05, 0.1) is 33.0 Å². The van der Waals surface area contributed by atoms with Crippen LogP contribution in [0.3, 0.4) is 0 Å². The molecule has 1 aliphatic rings.